The molecule has 0 fully saturated rings. The van der Waals surface area contributed by atoms with Gasteiger partial charge in [-0.1, -0.05) is 103 Å². The van der Waals surface area contributed by atoms with E-state index in [1.807, 2.05) is 42.9 Å². The molecule has 0 saturated carbocycles. The maximum atomic E-state index is 14.2. The van der Waals surface area contributed by atoms with E-state index in [4.69, 9.17) is 11.6 Å². The minimum atomic E-state index is -6.13. The van der Waals surface area contributed by atoms with Gasteiger partial charge in [0.25, 0.3) is 0 Å². The lowest BCUT2D eigenvalue weighted by molar-refractivity contribution is -0.695. The van der Waals surface area contributed by atoms with Gasteiger partial charge in [0.2, 0.25) is 5.69 Å². The summed E-state index contributed by atoms with van der Waals surface area (Å²) in [4.78, 5) is 4.25. The number of hydrogen-bond donors (Lipinski definition) is 0. The molecule has 78 heavy (non-hydrogen) atoms. The van der Waals surface area contributed by atoms with Crippen molar-refractivity contribution in [2.75, 3.05) is 0 Å². The molecule has 7 aromatic rings. The molecule has 6 aromatic carbocycles. The highest BCUT2D eigenvalue weighted by atomic mass is 35.5. The number of alkyl halides is 24. The molecule has 1 heterocycles. The Morgan fingerprint density at radius 2 is 0.654 bits per heavy atom. The third-order valence-electron chi connectivity index (χ3n) is 11.8. The molecule has 0 aliphatic carbocycles. The van der Waals surface area contributed by atoms with Gasteiger partial charge in [-0.15, -0.1) is 0 Å². The molecule has 0 spiro atoms. The predicted molar refractivity (Wildman–Crippen MR) is 234 cm³/mol. The Morgan fingerprint density at radius 3 is 0.936 bits per heavy atom. The van der Waals surface area contributed by atoms with Crippen LogP contribution in [-0.2, 0) is 62.4 Å². The minimum Gasteiger partial charge on any atom is -0.252 e. The molecule has 416 valence electrons. The molecular weight excluding hydrogens is 1130 g/mol. The van der Waals surface area contributed by atoms with E-state index in [-0.39, 0.29) is 0 Å². The van der Waals surface area contributed by atoms with Crippen LogP contribution in [0.3, 0.4) is 0 Å². The summed E-state index contributed by atoms with van der Waals surface area (Å²) in [5.74, 6) is 0. The second kappa shape index (κ2) is 21.4. The summed E-state index contributed by atoms with van der Waals surface area (Å²) < 4.78 is 343. The van der Waals surface area contributed by atoms with Crippen molar-refractivity contribution >= 4 is 39.6 Å². The van der Waals surface area contributed by atoms with Crippen molar-refractivity contribution in [2.24, 2.45) is 0 Å². The Hall–Kier alpha value is -6.93. The first-order valence-electron chi connectivity index (χ1n) is 21.5. The fourth-order valence-corrected chi connectivity index (χ4v) is 8.64. The summed E-state index contributed by atoms with van der Waals surface area (Å²) in [6, 6.07) is 9.59. The van der Waals surface area contributed by atoms with E-state index in [1.165, 1.54) is 16.8 Å². The summed E-state index contributed by atoms with van der Waals surface area (Å²) >= 11 is 6.06. The van der Waals surface area contributed by atoms with Crippen LogP contribution in [0.1, 0.15) is 61.3 Å². The van der Waals surface area contributed by atoms with Crippen LogP contribution in [0.15, 0.2) is 146 Å². The molecule has 7 rings (SSSR count). The molecule has 0 N–H and O–H groups in total. The van der Waals surface area contributed by atoms with Crippen LogP contribution < -0.4 is 26.4 Å². The van der Waals surface area contributed by atoms with Gasteiger partial charge in [-0.2, -0.15) is 132 Å². The summed E-state index contributed by atoms with van der Waals surface area (Å²) in [7, 11) is 0. The van der Waals surface area contributed by atoms with E-state index in [1.54, 1.807) is 0 Å². The average molecular weight is 1160 g/mol. The Kier molecular flexibility index (Phi) is 16.5. The normalized spacial score (nSPS) is 13.3. The minimum absolute atomic E-state index is 0.691. The molecule has 0 radical (unpaired) electrons. The smallest absolute Gasteiger partial charge is 0.252 e. The van der Waals surface area contributed by atoms with Gasteiger partial charge in [0.1, 0.15) is 6.15 Å². The number of benzene rings is 6. The highest BCUT2D eigenvalue weighted by molar-refractivity contribution is 7.20. The third-order valence-corrected chi connectivity index (χ3v) is 12.1. The Labute approximate surface area is 428 Å². The van der Waals surface area contributed by atoms with Gasteiger partial charge in [0.05, 0.1) is 63.3 Å². The van der Waals surface area contributed by atoms with E-state index in [0.717, 1.165) is 18.0 Å². The highest BCUT2D eigenvalue weighted by Gasteiger charge is 2.47. The van der Waals surface area contributed by atoms with Crippen molar-refractivity contribution < 1.29 is 110 Å². The van der Waals surface area contributed by atoms with Crippen LogP contribution in [0.2, 0.25) is 5.02 Å². The van der Waals surface area contributed by atoms with Crippen molar-refractivity contribution in [2.45, 2.75) is 62.4 Å². The molecule has 0 aliphatic rings. The molecule has 0 bridgehead atoms. The highest BCUT2D eigenvalue weighted by Crippen LogP contribution is 2.41. The van der Waals surface area contributed by atoms with Crippen molar-refractivity contribution in [3.8, 4) is 0 Å². The van der Waals surface area contributed by atoms with Crippen molar-refractivity contribution in [1.29, 1.82) is 0 Å². The summed E-state index contributed by atoms with van der Waals surface area (Å²) in [6.45, 7) is 0.846. The quantitative estimate of drug-likeness (QED) is 0.0842. The standard InChI is InChI=1S/C32H12BF24.C18H16ClN2/c34-25(35,36)13-1-14(26(37,38)39)6-21(5-13)33(22-7-15(27(40,41)42)2-16(8-22)28(43,44)45,23-9-17(29(46,47)48)3-18(10-23)30(49,50)51)24-11-19(31(52,53)54)4-20(12-24)32(55,56)57;19-17-8-4-7-16(11-17)12-18-13-20-9-10-21(18)14-15-5-2-1-3-6-15/h1-12H;1-11,13H,12,14H2/q-1;+1. The predicted octanol–water partition coefficient (Wildman–Crippen LogP) is 14.9. The van der Waals surface area contributed by atoms with Gasteiger partial charge in [-0.25, -0.2) is 0 Å². The molecule has 2 nitrogen and oxygen atoms in total. The van der Waals surface area contributed by atoms with Crippen LogP contribution in [0, 0.1) is 0 Å². The first kappa shape index (κ1) is 60.3. The topological polar surface area (TPSA) is 16.8 Å². The first-order chi connectivity index (χ1) is 35.6. The molecule has 0 unspecified atom stereocenters. The zero-order chi connectivity index (χ0) is 58.4. The monoisotopic (exact) mass is 1160 g/mol. The maximum Gasteiger partial charge on any atom is 0.416 e. The number of rotatable bonds is 8. The summed E-state index contributed by atoms with van der Waals surface area (Å²) in [6.07, 6.45) is -48.2. The second-order valence-electron chi connectivity index (χ2n) is 17.2. The van der Waals surface area contributed by atoms with E-state index in [2.05, 4.69) is 39.9 Å². The third kappa shape index (κ3) is 14.2. The number of nitrogens with zero attached hydrogens (tertiary/aromatic N) is 2. The van der Waals surface area contributed by atoms with Crippen molar-refractivity contribution in [3.63, 3.8) is 0 Å². The lowest BCUT2D eigenvalue weighted by atomic mass is 9.12. The van der Waals surface area contributed by atoms with E-state index < -0.39 is 195 Å². The van der Waals surface area contributed by atoms with Crippen molar-refractivity contribution in [3.05, 3.63) is 212 Å². The summed E-state index contributed by atoms with van der Waals surface area (Å²) in [5, 5.41) is 0.769. The fraction of sp³-hybridized carbons (Fsp3) is 0.200. The van der Waals surface area contributed by atoms with Gasteiger partial charge in [-0.05, 0) is 42.0 Å². The Bertz CT molecular complexity index is 2820. The SMILES string of the molecule is Clc1cccc(Cc2cncc[n+]2Cc2ccccc2)c1.FC(F)(F)c1cc([B-](c2cc(C(F)(F)F)cc(C(F)(F)F)c2)(c2cc(C(F)(F)F)cc(C(F)(F)F)c2)c2cc(C(F)(F)F)cc(C(F)(F)F)c2)cc(C(F)(F)F)c1. The van der Waals surface area contributed by atoms with Crippen molar-refractivity contribution in [1.82, 2.24) is 4.98 Å². The van der Waals surface area contributed by atoms with Gasteiger partial charge in [-0.3, -0.25) is 4.98 Å². The lowest BCUT2D eigenvalue weighted by Gasteiger charge is -2.46. The van der Waals surface area contributed by atoms with Crippen LogP contribution in [0.5, 0.6) is 0 Å². The van der Waals surface area contributed by atoms with E-state index in [9.17, 15) is 105 Å². The van der Waals surface area contributed by atoms with Crippen LogP contribution in [-0.4, -0.2) is 11.1 Å². The number of aromatic nitrogens is 2. The molecule has 0 aliphatic heterocycles. The van der Waals surface area contributed by atoms with Gasteiger partial charge in [0.15, 0.2) is 12.7 Å². The molecular formula is C50H28BClF24N2. The van der Waals surface area contributed by atoms with Crippen LogP contribution in [0.25, 0.3) is 0 Å². The largest absolute Gasteiger partial charge is 0.416 e. The van der Waals surface area contributed by atoms with E-state index in [0.29, 0.717) is 0 Å². The maximum absolute atomic E-state index is 14.2. The van der Waals surface area contributed by atoms with Crippen LogP contribution >= 0.6 is 11.6 Å². The van der Waals surface area contributed by atoms with Gasteiger partial charge >= 0.3 is 49.4 Å². The first-order valence-corrected chi connectivity index (χ1v) is 21.9. The second-order valence-corrected chi connectivity index (χ2v) is 17.6. The summed E-state index contributed by atoms with van der Waals surface area (Å²) in [5.41, 5.74) is -26.6. The van der Waals surface area contributed by atoms with Gasteiger partial charge in [0, 0.05) is 10.6 Å². The number of hydrogen-bond acceptors (Lipinski definition) is 1. The molecule has 0 saturated heterocycles. The average Bonchev–Trinajstić information content (AvgIpc) is 3.45. The van der Waals surface area contributed by atoms with Crippen LogP contribution in [0.4, 0.5) is 105 Å². The molecule has 1 aromatic heterocycles. The Balaban J connectivity index is 0.000000387. The zero-order valence-electron chi connectivity index (χ0n) is 38.2. The Morgan fingerprint density at radius 1 is 0.359 bits per heavy atom. The molecule has 0 atom stereocenters. The van der Waals surface area contributed by atoms with Gasteiger partial charge < -0.3 is 0 Å². The zero-order valence-corrected chi connectivity index (χ0v) is 38.9. The fourth-order valence-electron chi connectivity index (χ4n) is 8.43. The lowest BCUT2D eigenvalue weighted by Crippen LogP contribution is -2.75. The number of halogens is 25. The molecule has 28 heteroatoms. The molecule has 0 amide bonds. The van der Waals surface area contributed by atoms with E-state index >= 15 is 0 Å².